The van der Waals surface area contributed by atoms with E-state index in [-0.39, 0.29) is 12.6 Å². The van der Waals surface area contributed by atoms with Crippen molar-refractivity contribution >= 4 is 23.0 Å². The van der Waals surface area contributed by atoms with Crippen LogP contribution in [-0.4, -0.2) is 29.7 Å². The summed E-state index contributed by atoms with van der Waals surface area (Å²) in [5.41, 5.74) is 2.90. The normalized spacial score (nSPS) is 19.1. The van der Waals surface area contributed by atoms with Gasteiger partial charge in [0.2, 0.25) is 0 Å². The van der Waals surface area contributed by atoms with Gasteiger partial charge < -0.3 is 19.8 Å². The lowest BCUT2D eigenvalue weighted by Gasteiger charge is -2.21. The monoisotopic (exact) mass is 288 g/mol. The van der Waals surface area contributed by atoms with Crippen LogP contribution in [0, 0.1) is 6.92 Å². The van der Waals surface area contributed by atoms with E-state index in [0.717, 1.165) is 22.0 Å². The molecule has 2 heterocycles. The van der Waals surface area contributed by atoms with Gasteiger partial charge in [-0.1, -0.05) is 11.6 Å². The number of H-pyrrole nitrogens is 1. The molecule has 0 aliphatic carbocycles. The second kappa shape index (κ2) is 5.12. The predicted octanol–water partition coefficient (Wildman–Crippen LogP) is 2.19. The highest BCUT2D eigenvalue weighted by Crippen LogP contribution is 2.31. The van der Waals surface area contributed by atoms with Gasteiger partial charge in [0.05, 0.1) is 0 Å². The van der Waals surface area contributed by atoms with Gasteiger partial charge in [0.1, 0.15) is 12.6 Å². The van der Waals surface area contributed by atoms with E-state index in [1.54, 1.807) is 0 Å². The van der Waals surface area contributed by atoms with Crippen LogP contribution >= 0.6 is 0 Å². The van der Waals surface area contributed by atoms with E-state index in [4.69, 9.17) is 9.47 Å². The van der Waals surface area contributed by atoms with Crippen molar-refractivity contribution < 1.29 is 19.1 Å². The zero-order valence-corrected chi connectivity index (χ0v) is 11.8. The van der Waals surface area contributed by atoms with Crippen molar-refractivity contribution in [3.8, 4) is 0 Å². The summed E-state index contributed by atoms with van der Waals surface area (Å²) < 4.78 is 10.3. The Morgan fingerprint density at radius 2 is 2.29 bits per heavy atom. The molecule has 2 aromatic rings. The third-order valence-electron chi connectivity index (χ3n) is 3.53. The maximum absolute atomic E-state index is 11.4. The van der Waals surface area contributed by atoms with E-state index in [1.165, 1.54) is 6.92 Å². The Bertz CT molecular complexity index is 707. The molecule has 6 nitrogen and oxygen atoms in total. The van der Waals surface area contributed by atoms with Gasteiger partial charge in [-0.15, -0.1) is 0 Å². The molecule has 0 spiro atoms. The van der Waals surface area contributed by atoms with Crippen molar-refractivity contribution in [1.82, 2.24) is 10.3 Å². The molecule has 2 atom stereocenters. The second-order valence-corrected chi connectivity index (χ2v) is 5.17. The molecule has 1 aliphatic heterocycles. The van der Waals surface area contributed by atoms with E-state index in [9.17, 15) is 9.59 Å². The largest absolute Gasteiger partial charge is 0.455 e. The van der Waals surface area contributed by atoms with Crippen LogP contribution in [0.3, 0.4) is 0 Å². The minimum absolute atomic E-state index is 0.176. The Morgan fingerprint density at radius 1 is 1.48 bits per heavy atom. The van der Waals surface area contributed by atoms with Crippen molar-refractivity contribution in [2.24, 2.45) is 0 Å². The first kappa shape index (κ1) is 13.5. The summed E-state index contributed by atoms with van der Waals surface area (Å²) in [6, 6.07) is 5.61. The van der Waals surface area contributed by atoms with Crippen molar-refractivity contribution in [1.29, 1.82) is 0 Å². The van der Waals surface area contributed by atoms with Crippen molar-refractivity contribution in [3.05, 3.63) is 35.5 Å². The molecule has 1 amide bonds. The minimum Gasteiger partial charge on any atom is -0.455 e. The maximum Gasteiger partial charge on any atom is 0.407 e. The maximum atomic E-state index is 11.4. The fourth-order valence-corrected chi connectivity index (χ4v) is 2.60. The van der Waals surface area contributed by atoms with Crippen molar-refractivity contribution in [2.45, 2.75) is 26.0 Å². The summed E-state index contributed by atoms with van der Waals surface area (Å²) in [4.78, 5) is 25.8. The second-order valence-electron chi connectivity index (χ2n) is 5.17. The summed E-state index contributed by atoms with van der Waals surface area (Å²) in [6.07, 6.45) is 0.736. The number of aromatic nitrogens is 1. The van der Waals surface area contributed by atoms with Gasteiger partial charge in [0.25, 0.3) is 0 Å². The summed E-state index contributed by atoms with van der Waals surface area (Å²) in [5, 5.41) is 3.65. The van der Waals surface area contributed by atoms with Gasteiger partial charge in [-0.2, -0.15) is 0 Å². The molecule has 2 unspecified atom stereocenters. The molecule has 1 aromatic carbocycles. The Morgan fingerprint density at radius 3 is 2.95 bits per heavy atom. The quantitative estimate of drug-likeness (QED) is 0.848. The molecular formula is C15H16N2O4. The molecule has 1 aromatic heterocycles. The van der Waals surface area contributed by atoms with Crippen LogP contribution in [0.25, 0.3) is 10.9 Å². The standard InChI is InChI=1S/C15H16N2O4/c1-8-3-4-12-10(5-8)11(6-16-12)14(21-9(2)18)13-7-20-15(19)17-13/h3-6,13-14,16H,7H2,1-2H3,(H,17,19). The SMILES string of the molecule is CC(=O)OC(c1c[nH]c2ccc(C)cc12)C1COC(=O)N1. The first-order chi connectivity index (χ1) is 10.0. The molecular weight excluding hydrogens is 272 g/mol. The average molecular weight is 288 g/mol. The van der Waals surface area contributed by atoms with Crippen LogP contribution in [0.2, 0.25) is 0 Å². The topological polar surface area (TPSA) is 80.4 Å². The molecule has 0 bridgehead atoms. The highest BCUT2D eigenvalue weighted by Gasteiger charge is 2.35. The number of fused-ring (bicyclic) bond motifs is 1. The van der Waals surface area contributed by atoms with Gasteiger partial charge in [0, 0.05) is 29.6 Å². The number of nitrogens with one attached hydrogen (secondary N) is 2. The summed E-state index contributed by atoms with van der Waals surface area (Å²) >= 11 is 0. The number of aromatic amines is 1. The first-order valence-corrected chi connectivity index (χ1v) is 6.73. The number of cyclic esters (lactones) is 1. The van der Waals surface area contributed by atoms with E-state index >= 15 is 0 Å². The lowest BCUT2D eigenvalue weighted by molar-refractivity contribution is -0.148. The van der Waals surface area contributed by atoms with Gasteiger partial charge in [-0.25, -0.2) is 4.79 Å². The Labute approximate surface area is 121 Å². The summed E-state index contributed by atoms with van der Waals surface area (Å²) in [6.45, 7) is 3.53. The number of amides is 1. The van der Waals surface area contributed by atoms with E-state index in [1.807, 2.05) is 31.3 Å². The summed E-state index contributed by atoms with van der Waals surface area (Å²) in [5.74, 6) is -0.400. The summed E-state index contributed by atoms with van der Waals surface area (Å²) in [7, 11) is 0. The lowest BCUT2D eigenvalue weighted by atomic mass is 10.0. The molecule has 0 radical (unpaired) electrons. The fourth-order valence-electron chi connectivity index (χ4n) is 2.60. The molecule has 1 fully saturated rings. The Kier molecular flexibility index (Phi) is 3.29. The van der Waals surface area contributed by atoms with Crippen LogP contribution in [-0.2, 0) is 14.3 Å². The minimum atomic E-state index is -0.579. The number of alkyl carbamates (subject to hydrolysis) is 1. The van der Waals surface area contributed by atoms with Gasteiger partial charge in [-0.3, -0.25) is 4.79 Å². The number of benzene rings is 1. The molecule has 0 saturated carbocycles. The highest BCUT2D eigenvalue weighted by atomic mass is 16.6. The average Bonchev–Trinajstić information content (AvgIpc) is 3.02. The number of esters is 1. The number of hydrogen-bond acceptors (Lipinski definition) is 4. The first-order valence-electron chi connectivity index (χ1n) is 6.73. The Hall–Kier alpha value is -2.50. The van der Waals surface area contributed by atoms with Crippen LogP contribution < -0.4 is 5.32 Å². The number of ether oxygens (including phenoxy) is 2. The van der Waals surface area contributed by atoms with Gasteiger partial charge in [-0.05, 0) is 19.1 Å². The highest BCUT2D eigenvalue weighted by molar-refractivity contribution is 5.85. The third-order valence-corrected chi connectivity index (χ3v) is 3.53. The number of rotatable bonds is 3. The number of carbonyl (C=O) groups is 2. The number of carbonyl (C=O) groups excluding carboxylic acids is 2. The zero-order valence-electron chi connectivity index (χ0n) is 11.8. The molecule has 2 N–H and O–H groups in total. The lowest BCUT2D eigenvalue weighted by Crippen LogP contribution is -2.34. The van der Waals surface area contributed by atoms with Crippen LogP contribution in [0.4, 0.5) is 4.79 Å². The zero-order chi connectivity index (χ0) is 15.0. The predicted molar refractivity (Wildman–Crippen MR) is 75.8 cm³/mol. The molecule has 1 saturated heterocycles. The van der Waals surface area contributed by atoms with Crippen LogP contribution in [0.5, 0.6) is 0 Å². The number of hydrogen-bond donors (Lipinski definition) is 2. The molecule has 3 rings (SSSR count). The van der Waals surface area contributed by atoms with Crippen molar-refractivity contribution in [2.75, 3.05) is 6.61 Å². The Balaban J connectivity index is 2.03. The third kappa shape index (κ3) is 2.56. The van der Waals surface area contributed by atoms with Crippen molar-refractivity contribution in [3.63, 3.8) is 0 Å². The molecule has 6 heteroatoms. The van der Waals surface area contributed by atoms with Gasteiger partial charge >= 0.3 is 12.1 Å². The molecule has 1 aliphatic rings. The van der Waals surface area contributed by atoms with E-state index in [2.05, 4.69) is 10.3 Å². The van der Waals surface area contributed by atoms with Crippen LogP contribution in [0.15, 0.2) is 24.4 Å². The van der Waals surface area contributed by atoms with Gasteiger partial charge in [0.15, 0.2) is 6.10 Å². The fraction of sp³-hybridized carbons (Fsp3) is 0.333. The van der Waals surface area contributed by atoms with E-state index < -0.39 is 18.2 Å². The van der Waals surface area contributed by atoms with E-state index in [0.29, 0.717) is 0 Å². The smallest absolute Gasteiger partial charge is 0.407 e. The molecule has 110 valence electrons. The van der Waals surface area contributed by atoms with Crippen LogP contribution in [0.1, 0.15) is 24.2 Å². The number of aryl methyl sites for hydroxylation is 1. The molecule has 21 heavy (non-hydrogen) atoms.